The lowest BCUT2D eigenvalue weighted by Gasteiger charge is -2.23. The van der Waals surface area contributed by atoms with E-state index < -0.39 is 9.84 Å². The van der Waals surface area contributed by atoms with Crippen LogP contribution < -0.4 is 5.73 Å². The fraction of sp³-hybridized carbons (Fsp3) is 0.250. The van der Waals surface area contributed by atoms with Crippen molar-refractivity contribution >= 4 is 25.8 Å². The summed E-state index contributed by atoms with van der Waals surface area (Å²) in [6.07, 6.45) is 0. The molecule has 3 rings (SSSR count). The molecule has 0 amide bonds. The number of hydrogen-bond acceptors (Lipinski definition) is 3. The molecule has 5 heteroatoms. The van der Waals surface area contributed by atoms with Crippen LogP contribution in [0.4, 0.5) is 0 Å². The number of hydrogen-bond donors (Lipinski definition) is 1. The maximum atomic E-state index is 12.3. The molecule has 1 aliphatic heterocycles. The lowest BCUT2D eigenvalue weighted by Crippen LogP contribution is -2.22. The number of halogens is 1. The SMILES string of the molecule is NCC(c1ccccc1Br)C1CS(=O)(=O)c2ccccc21. The number of benzene rings is 2. The maximum Gasteiger partial charge on any atom is 0.179 e. The Balaban J connectivity index is 2.10. The minimum Gasteiger partial charge on any atom is -0.330 e. The summed E-state index contributed by atoms with van der Waals surface area (Å²) in [5, 5.41) is 0. The number of fused-ring (bicyclic) bond motifs is 1. The van der Waals surface area contributed by atoms with Crippen molar-refractivity contribution < 1.29 is 8.42 Å². The summed E-state index contributed by atoms with van der Waals surface area (Å²) < 4.78 is 25.7. The lowest BCUT2D eigenvalue weighted by molar-refractivity contribution is 0.572. The van der Waals surface area contributed by atoms with Gasteiger partial charge in [0.05, 0.1) is 10.6 Å². The minimum atomic E-state index is -3.20. The zero-order valence-corrected chi connectivity index (χ0v) is 13.8. The first-order valence-corrected chi connectivity index (χ1v) is 9.25. The summed E-state index contributed by atoms with van der Waals surface area (Å²) in [6, 6.07) is 15.1. The molecule has 0 fully saturated rings. The summed E-state index contributed by atoms with van der Waals surface area (Å²) in [6.45, 7) is 0.414. The molecule has 0 spiro atoms. The summed E-state index contributed by atoms with van der Waals surface area (Å²) in [5.74, 6) is 0.0316. The van der Waals surface area contributed by atoms with Crippen molar-refractivity contribution in [3.63, 3.8) is 0 Å². The van der Waals surface area contributed by atoms with Gasteiger partial charge in [-0.3, -0.25) is 0 Å². The van der Waals surface area contributed by atoms with Crippen LogP contribution in [0.1, 0.15) is 23.0 Å². The van der Waals surface area contributed by atoms with Gasteiger partial charge in [-0.1, -0.05) is 52.3 Å². The molecule has 21 heavy (non-hydrogen) atoms. The Labute approximate surface area is 133 Å². The van der Waals surface area contributed by atoms with Gasteiger partial charge in [0, 0.05) is 16.3 Å². The number of rotatable bonds is 3. The fourth-order valence-corrected chi connectivity index (χ4v) is 5.61. The van der Waals surface area contributed by atoms with Crippen molar-refractivity contribution in [2.75, 3.05) is 12.3 Å². The van der Waals surface area contributed by atoms with E-state index in [1.165, 1.54) is 0 Å². The van der Waals surface area contributed by atoms with Gasteiger partial charge in [-0.2, -0.15) is 0 Å². The molecule has 0 saturated heterocycles. The summed E-state index contributed by atoms with van der Waals surface area (Å²) in [7, 11) is -3.20. The predicted octanol–water partition coefficient (Wildman–Crippen LogP) is 3.06. The van der Waals surface area contributed by atoms with Gasteiger partial charge in [0.25, 0.3) is 0 Å². The van der Waals surface area contributed by atoms with Gasteiger partial charge < -0.3 is 5.73 Å². The molecule has 1 aliphatic rings. The van der Waals surface area contributed by atoms with Crippen LogP contribution in [-0.4, -0.2) is 20.7 Å². The fourth-order valence-electron chi connectivity index (χ4n) is 3.10. The van der Waals surface area contributed by atoms with Crippen molar-refractivity contribution in [2.24, 2.45) is 5.73 Å². The molecule has 0 saturated carbocycles. The van der Waals surface area contributed by atoms with E-state index in [4.69, 9.17) is 5.73 Å². The number of sulfone groups is 1. The summed E-state index contributed by atoms with van der Waals surface area (Å²) in [4.78, 5) is 0.459. The van der Waals surface area contributed by atoms with Gasteiger partial charge in [-0.15, -0.1) is 0 Å². The zero-order chi connectivity index (χ0) is 15.0. The highest BCUT2D eigenvalue weighted by atomic mass is 79.9. The van der Waals surface area contributed by atoms with Crippen LogP contribution in [0, 0.1) is 0 Å². The molecule has 2 aromatic rings. The Bertz CT molecular complexity index is 773. The Morgan fingerprint density at radius 3 is 2.52 bits per heavy atom. The second-order valence-electron chi connectivity index (χ2n) is 5.29. The molecule has 2 unspecified atom stereocenters. The molecular formula is C16H16BrNO2S. The first-order valence-electron chi connectivity index (χ1n) is 6.81. The van der Waals surface area contributed by atoms with E-state index >= 15 is 0 Å². The van der Waals surface area contributed by atoms with E-state index in [0.29, 0.717) is 11.4 Å². The lowest BCUT2D eigenvalue weighted by atomic mass is 9.83. The van der Waals surface area contributed by atoms with E-state index in [0.717, 1.165) is 15.6 Å². The van der Waals surface area contributed by atoms with Gasteiger partial charge >= 0.3 is 0 Å². The Kier molecular flexibility index (Phi) is 3.90. The van der Waals surface area contributed by atoms with Crippen LogP contribution in [0.5, 0.6) is 0 Å². The van der Waals surface area contributed by atoms with Gasteiger partial charge in [0.1, 0.15) is 0 Å². The van der Waals surface area contributed by atoms with E-state index in [9.17, 15) is 8.42 Å². The molecule has 0 radical (unpaired) electrons. The van der Waals surface area contributed by atoms with Crippen molar-refractivity contribution in [1.29, 1.82) is 0 Å². The van der Waals surface area contributed by atoms with E-state index in [2.05, 4.69) is 15.9 Å². The molecule has 110 valence electrons. The number of nitrogens with two attached hydrogens (primary N) is 1. The first kappa shape index (κ1) is 14.8. The minimum absolute atomic E-state index is 0.0148. The Morgan fingerprint density at radius 1 is 1.14 bits per heavy atom. The third kappa shape index (κ3) is 2.54. The Morgan fingerprint density at radius 2 is 1.81 bits per heavy atom. The van der Waals surface area contributed by atoms with Crippen molar-refractivity contribution in [3.8, 4) is 0 Å². The standard InChI is InChI=1S/C16H16BrNO2S/c17-15-7-3-1-5-11(15)13(9-18)14-10-21(19,20)16-8-4-2-6-12(14)16/h1-8,13-14H,9-10,18H2. The van der Waals surface area contributed by atoms with E-state index in [1.54, 1.807) is 12.1 Å². The summed E-state index contributed by atoms with van der Waals surface area (Å²) in [5.41, 5.74) is 7.94. The van der Waals surface area contributed by atoms with Crippen LogP contribution in [0.15, 0.2) is 57.9 Å². The average molecular weight is 366 g/mol. The molecule has 0 bridgehead atoms. The van der Waals surface area contributed by atoms with Crippen LogP contribution in [-0.2, 0) is 9.84 Å². The Hall–Kier alpha value is -1.17. The normalized spacial score (nSPS) is 21.0. The second-order valence-corrected chi connectivity index (χ2v) is 8.15. The van der Waals surface area contributed by atoms with Crippen LogP contribution in [0.2, 0.25) is 0 Å². The molecule has 0 aromatic heterocycles. The molecule has 2 atom stereocenters. The highest BCUT2D eigenvalue weighted by molar-refractivity contribution is 9.10. The van der Waals surface area contributed by atoms with Crippen LogP contribution in [0.25, 0.3) is 0 Å². The zero-order valence-electron chi connectivity index (χ0n) is 11.4. The van der Waals surface area contributed by atoms with Gasteiger partial charge in [-0.25, -0.2) is 8.42 Å². The molecule has 2 aromatic carbocycles. The molecule has 2 N–H and O–H groups in total. The molecular weight excluding hydrogens is 350 g/mol. The van der Waals surface area contributed by atoms with Crippen molar-refractivity contribution in [3.05, 3.63) is 64.1 Å². The largest absolute Gasteiger partial charge is 0.330 e. The van der Waals surface area contributed by atoms with Gasteiger partial charge in [-0.05, 0) is 29.8 Å². The molecule has 0 aliphatic carbocycles. The topological polar surface area (TPSA) is 60.2 Å². The second kappa shape index (κ2) is 5.55. The maximum absolute atomic E-state index is 12.3. The van der Waals surface area contributed by atoms with Crippen molar-refractivity contribution in [2.45, 2.75) is 16.7 Å². The van der Waals surface area contributed by atoms with Crippen molar-refractivity contribution in [1.82, 2.24) is 0 Å². The highest BCUT2D eigenvalue weighted by Gasteiger charge is 2.39. The quantitative estimate of drug-likeness (QED) is 0.908. The summed E-state index contributed by atoms with van der Waals surface area (Å²) >= 11 is 3.55. The van der Waals surface area contributed by atoms with E-state index in [1.807, 2.05) is 36.4 Å². The van der Waals surface area contributed by atoms with Gasteiger partial charge in [0.15, 0.2) is 9.84 Å². The van der Waals surface area contributed by atoms with E-state index in [-0.39, 0.29) is 17.6 Å². The first-order chi connectivity index (χ1) is 10.0. The molecule has 1 heterocycles. The predicted molar refractivity (Wildman–Crippen MR) is 87.2 cm³/mol. The monoisotopic (exact) mass is 365 g/mol. The van der Waals surface area contributed by atoms with Gasteiger partial charge in [0.2, 0.25) is 0 Å². The average Bonchev–Trinajstić information content (AvgIpc) is 2.74. The smallest absolute Gasteiger partial charge is 0.179 e. The third-order valence-electron chi connectivity index (χ3n) is 4.10. The molecule has 3 nitrogen and oxygen atoms in total. The third-order valence-corrected chi connectivity index (χ3v) is 6.66. The van der Waals surface area contributed by atoms with Crippen LogP contribution in [0.3, 0.4) is 0 Å². The highest BCUT2D eigenvalue weighted by Crippen LogP contribution is 2.44. The van der Waals surface area contributed by atoms with Crippen LogP contribution >= 0.6 is 15.9 Å².